The largest absolute Gasteiger partial charge is 0.374 e. The molecule has 2 N–H and O–H groups in total. The lowest BCUT2D eigenvalue weighted by Crippen LogP contribution is -2.44. The third-order valence-corrected chi connectivity index (χ3v) is 4.49. The van der Waals surface area contributed by atoms with Gasteiger partial charge >= 0.3 is 0 Å². The molecule has 1 amide bonds. The maximum absolute atomic E-state index is 13.6. The number of carbonyl (C=O) groups excluding carboxylic acids is 1. The molecule has 1 heterocycles. The first-order valence-electron chi connectivity index (χ1n) is 8.65. The molecule has 5 nitrogen and oxygen atoms in total. The van der Waals surface area contributed by atoms with Crippen LogP contribution >= 0.6 is 0 Å². The van der Waals surface area contributed by atoms with Crippen molar-refractivity contribution in [1.29, 1.82) is 0 Å². The van der Waals surface area contributed by atoms with Gasteiger partial charge in [-0.2, -0.15) is 0 Å². The van der Waals surface area contributed by atoms with Crippen molar-refractivity contribution in [3.8, 4) is 0 Å². The highest BCUT2D eigenvalue weighted by atomic mass is 19.2. The van der Waals surface area contributed by atoms with E-state index in [0.29, 0.717) is 5.69 Å². The molecule has 2 aromatic rings. The van der Waals surface area contributed by atoms with E-state index in [2.05, 4.69) is 27.5 Å². The zero-order valence-corrected chi connectivity index (χ0v) is 14.9. The maximum atomic E-state index is 13.6. The Hall–Kier alpha value is -2.74. The predicted molar refractivity (Wildman–Crippen MR) is 99.6 cm³/mol. The topological polar surface area (TPSA) is 47.6 Å². The molecule has 0 saturated carbocycles. The van der Waals surface area contributed by atoms with Crippen LogP contribution in [0.15, 0.2) is 36.4 Å². The normalized spacial score (nSPS) is 14.9. The number of hydrogen-bond acceptors (Lipinski definition) is 4. The minimum atomic E-state index is -1.57. The fourth-order valence-corrected chi connectivity index (χ4v) is 2.86. The van der Waals surface area contributed by atoms with E-state index < -0.39 is 23.4 Å². The van der Waals surface area contributed by atoms with Crippen LogP contribution in [-0.4, -0.2) is 50.6 Å². The van der Waals surface area contributed by atoms with Crippen LogP contribution < -0.4 is 15.5 Å². The predicted octanol–water partition coefficient (Wildman–Crippen LogP) is 2.91. The minimum absolute atomic E-state index is 0.269. The third-order valence-electron chi connectivity index (χ3n) is 4.49. The molecule has 2 aromatic carbocycles. The van der Waals surface area contributed by atoms with Crippen molar-refractivity contribution in [3.05, 3.63) is 53.8 Å². The van der Waals surface area contributed by atoms with E-state index >= 15 is 0 Å². The first kappa shape index (κ1) is 19.0. The van der Waals surface area contributed by atoms with E-state index in [0.717, 1.165) is 44.0 Å². The molecule has 0 bridgehead atoms. The first-order chi connectivity index (χ1) is 12.9. The zero-order chi connectivity index (χ0) is 19.4. The Morgan fingerprint density at radius 2 is 1.63 bits per heavy atom. The standard InChI is InChI=1S/C19H21F3N4O/c1-25-8-10-26(11-9-25)14-4-2-13(3-5-14)24-17(27)12-23-16-7-6-15(20)18(21)19(16)22/h2-7,23H,8-12H2,1H3,(H,24,27). The average molecular weight is 378 g/mol. The lowest BCUT2D eigenvalue weighted by atomic mass is 10.2. The second-order valence-corrected chi connectivity index (χ2v) is 6.46. The highest BCUT2D eigenvalue weighted by molar-refractivity contribution is 5.93. The summed E-state index contributed by atoms with van der Waals surface area (Å²) in [4.78, 5) is 16.5. The van der Waals surface area contributed by atoms with E-state index in [1.165, 1.54) is 0 Å². The average Bonchev–Trinajstić information content (AvgIpc) is 2.67. The molecule has 1 aliphatic heterocycles. The van der Waals surface area contributed by atoms with E-state index in [1.54, 1.807) is 12.1 Å². The fraction of sp³-hybridized carbons (Fsp3) is 0.316. The molecule has 1 fully saturated rings. The summed E-state index contributed by atoms with van der Waals surface area (Å²) in [5.41, 5.74) is 1.42. The molecule has 144 valence electrons. The number of nitrogens with one attached hydrogen (secondary N) is 2. The minimum Gasteiger partial charge on any atom is -0.374 e. The summed E-state index contributed by atoms with van der Waals surface area (Å²) in [6.45, 7) is 3.63. The van der Waals surface area contributed by atoms with Crippen LogP contribution in [0.1, 0.15) is 0 Å². The van der Waals surface area contributed by atoms with Gasteiger partial charge in [0, 0.05) is 37.6 Å². The fourth-order valence-electron chi connectivity index (χ4n) is 2.86. The Bertz CT molecular complexity index is 805. The Balaban J connectivity index is 1.53. The Morgan fingerprint density at radius 3 is 2.30 bits per heavy atom. The second-order valence-electron chi connectivity index (χ2n) is 6.46. The highest BCUT2D eigenvalue weighted by Gasteiger charge is 2.15. The van der Waals surface area contributed by atoms with Crippen LogP contribution in [0, 0.1) is 17.5 Å². The highest BCUT2D eigenvalue weighted by Crippen LogP contribution is 2.20. The lowest BCUT2D eigenvalue weighted by molar-refractivity contribution is -0.114. The summed E-state index contributed by atoms with van der Waals surface area (Å²) in [7, 11) is 2.09. The number of amides is 1. The van der Waals surface area contributed by atoms with E-state index in [-0.39, 0.29) is 12.2 Å². The number of anilines is 3. The summed E-state index contributed by atoms with van der Waals surface area (Å²) >= 11 is 0. The van der Waals surface area contributed by atoms with Gasteiger partial charge in [-0.05, 0) is 43.4 Å². The Morgan fingerprint density at radius 1 is 0.963 bits per heavy atom. The van der Waals surface area contributed by atoms with Crippen LogP contribution in [0.5, 0.6) is 0 Å². The number of piperazine rings is 1. The molecule has 3 rings (SSSR count). The number of carbonyl (C=O) groups is 1. The summed E-state index contributed by atoms with van der Waals surface area (Å²) in [5, 5.41) is 5.14. The van der Waals surface area contributed by atoms with E-state index in [1.807, 2.05) is 12.1 Å². The summed E-state index contributed by atoms with van der Waals surface area (Å²) in [6.07, 6.45) is 0. The molecule has 0 spiro atoms. The molecular weight excluding hydrogens is 357 g/mol. The maximum Gasteiger partial charge on any atom is 0.243 e. The van der Waals surface area contributed by atoms with Gasteiger partial charge in [-0.1, -0.05) is 0 Å². The monoisotopic (exact) mass is 378 g/mol. The number of hydrogen-bond donors (Lipinski definition) is 2. The van der Waals surface area contributed by atoms with Crippen LogP contribution in [-0.2, 0) is 4.79 Å². The van der Waals surface area contributed by atoms with Crippen molar-refractivity contribution in [2.45, 2.75) is 0 Å². The van der Waals surface area contributed by atoms with Gasteiger partial charge in [0.1, 0.15) is 0 Å². The van der Waals surface area contributed by atoms with Gasteiger partial charge in [0.2, 0.25) is 5.91 Å². The van der Waals surface area contributed by atoms with Crippen molar-refractivity contribution in [2.24, 2.45) is 0 Å². The smallest absolute Gasteiger partial charge is 0.243 e. The van der Waals surface area contributed by atoms with Gasteiger partial charge in [0.25, 0.3) is 0 Å². The number of rotatable bonds is 5. The second kappa shape index (κ2) is 8.30. The van der Waals surface area contributed by atoms with Gasteiger partial charge in [-0.3, -0.25) is 4.79 Å². The Labute approximate surface area is 155 Å². The molecule has 8 heteroatoms. The van der Waals surface area contributed by atoms with Crippen LogP contribution in [0.25, 0.3) is 0 Å². The van der Waals surface area contributed by atoms with Crippen LogP contribution in [0.2, 0.25) is 0 Å². The van der Waals surface area contributed by atoms with Gasteiger partial charge < -0.3 is 20.4 Å². The van der Waals surface area contributed by atoms with E-state index in [9.17, 15) is 18.0 Å². The molecule has 0 aromatic heterocycles. The van der Waals surface area contributed by atoms with Crippen molar-refractivity contribution in [1.82, 2.24) is 4.90 Å². The molecule has 1 saturated heterocycles. The van der Waals surface area contributed by atoms with E-state index in [4.69, 9.17) is 0 Å². The van der Waals surface area contributed by atoms with Gasteiger partial charge in [-0.25, -0.2) is 13.2 Å². The number of benzene rings is 2. The third kappa shape index (κ3) is 4.71. The molecule has 0 unspecified atom stereocenters. The van der Waals surface area contributed by atoms with Crippen molar-refractivity contribution in [2.75, 3.05) is 55.3 Å². The number of nitrogens with zero attached hydrogens (tertiary/aromatic N) is 2. The van der Waals surface area contributed by atoms with Crippen LogP contribution in [0.3, 0.4) is 0 Å². The zero-order valence-electron chi connectivity index (χ0n) is 14.9. The van der Waals surface area contributed by atoms with Crippen molar-refractivity contribution in [3.63, 3.8) is 0 Å². The first-order valence-corrected chi connectivity index (χ1v) is 8.65. The quantitative estimate of drug-likeness (QED) is 0.786. The van der Waals surface area contributed by atoms with Gasteiger partial charge in [0.15, 0.2) is 17.5 Å². The SMILES string of the molecule is CN1CCN(c2ccc(NC(=O)CNc3ccc(F)c(F)c3F)cc2)CC1. The molecule has 27 heavy (non-hydrogen) atoms. The summed E-state index contributed by atoms with van der Waals surface area (Å²) in [5.74, 6) is -4.62. The number of likely N-dealkylation sites (N-methyl/N-ethyl adjacent to an activating group) is 1. The van der Waals surface area contributed by atoms with Gasteiger partial charge in [-0.15, -0.1) is 0 Å². The van der Waals surface area contributed by atoms with Crippen molar-refractivity contribution < 1.29 is 18.0 Å². The Kier molecular flexibility index (Phi) is 5.85. The molecule has 0 aliphatic carbocycles. The molecule has 1 aliphatic rings. The van der Waals surface area contributed by atoms with Crippen LogP contribution in [0.4, 0.5) is 30.2 Å². The molecule has 0 atom stereocenters. The van der Waals surface area contributed by atoms with Gasteiger partial charge in [0.05, 0.1) is 12.2 Å². The number of halogens is 3. The summed E-state index contributed by atoms with van der Waals surface area (Å²) < 4.78 is 39.7. The summed E-state index contributed by atoms with van der Waals surface area (Å²) in [6, 6.07) is 9.31. The molecular formula is C19H21F3N4O. The van der Waals surface area contributed by atoms with Crippen molar-refractivity contribution >= 4 is 23.0 Å². The lowest BCUT2D eigenvalue weighted by Gasteiger charge is -2.34. The molecule has 0 radical (unpaired) electrons.